The van der Waals surface area contributed by atoms with Crippen molar-refractivity contribution in [2.24, 2.45) is 5.41 Å². The van der Waals surface area contributed by atoms with E-state index in [0.29, 0.717) is 0 Å². The molecular weight excluding hydrogens is 190 g/mol. The molecule has 0 amide bonds. The Balaban J connectivity index is 2.96. The maximum atomic E-state index is 12.6. The number of allylic oxidation sites excluding steroid dienone is 3. The lowest BCUT2D eigenvalue weighted by atomic mass is 9.81. The van der Waals surface area contributed by atoms with Crippen LogP contribution in [0.25, 0.3) is 0 Å². The molecule has 0 fully saturated rings. The summed E-state index contributed by atoms with van der Waals surface area (Å²) in [6.45, 7) is 3.97. The van der Waals surface area contributed by atoms with Gasteiger partial charge in [0.1, 0.15) is 0 Å². The summed E-state index contributed by atoms with van der Waals surface area (Å²) in [5.74, 6) is 0. The van der Waals surface area contributed by atoms with E-state index >= 15 is 0 Å². The average molecular weight is 204 g/mol. The van der Waals surface area contributed by atoms with Gasteiger partial charge in [0.2, 0.25) is 0 Å². The third-order valence-corrected chi connectivity index (χ3v) is 3.63. The van der Waals surface area contributed by atoms with E-state index in [0.717, 1.165) is 0 Å². The molecule has 74 valence electrons. The van der Waals surface area contributed by atoms with Gasteiger partial charge in [-0.05, 0) is 11.7 Å². The van der Waals surface area contributed by atoms with Gasteiger partial charge in [0, 0.05) is 10.8 Å². The predicted octanol–water partition coefficient (Wildman–Crippen LogP) is 3.51. The Morgan fingerprint density at radius 1 is 1.46 bits per heavy atom. The molecule has 0 aromatic carbocycles. The summed E-state index contributed by atoms with van der Waals surface area (Å²) in [5.41, 5.74) is 0.0833. The second kappa shape index (κ2) is 3.82. The Kier molecular flexibility index (Phi) is 3.17. The standard InChI is InChI=1S/C10H14F2S/c1-10(2)6-4-5-7(9(11)12)8(10)13-3/h4-6,8-9H,1-3H3. The van der Waals surface area contributed by atoms with Crippen LogP contribution in [-0.2, 0) is 0 Å². The molecule has 0 spiro atoms. The Hall–Kier alpha value is -0.310. The van der Waals surface area contributed by atoms with Crippen LogP contribution >= 0.6 is 11.8 Å². The molecule has 3 heteroatoms. The first-order valence-electron chi connectivity index (χ1n) is 4.19. The molecule has 0 aliphatic heterocycles. The third-order valence-electron chi connectivity index (χ3n) is 2.28. The molecule has 0 heterocycles. The van der Waals surface area contributed by atoms with Crippen LogP contribution in [0.15, 0.2) is 23.8 Å². The van der Waals surface area contributed by atoms with Gasteiger partial charge in [-0.15, -0.1) is 0 Å². The van der Waals surface area contributed by atoms with Crippen LogP contribution in [-0.4, -0.2) is 17.9 Å². The number of hydrogen-bond acceptors (Lipinski definition) is 1. The molecule has 1 atom stereocenters. The van der Waals surface area contributed by atoms with Gasteiger partial charge >= 0.3 is 0 Å². The van der Waals surface area contributed by atoms with Gasteiger partial charge in [-0.3, -0.25) is 0 Å². The molecule has 1 aliphatic rings. The van der Waals surface area contributed by atoms with Crippen LogP contribution in [0.4, 0.5) is 8.78 Å². The van der Waals surface area contributed by atoms with Crippen molar-refractivity contribution in [2.45, 2.75) is 25.5 Å². The minimum atomic E-state index is -2.33. The van der Waals surface area contributed by atoms with Crippen molar-refractivity contribution in [1.82, 2.24) is 0 Å². The molecule has 1 rings (SSSR count). The normalized spacial score (nSPS) is 26.3. The lowest BCUT2D eigenvalue weighted by Crippen LogP contribution is -2.30. The zero-order chi connectivity index (χ0) is 10.1. The maximum Gasteiger partial charge on any atom is 0.261 e. The Morgan fingerprint density at radius 3 is 2.46 bits per heavy atom. The van der Waals surface area contributed by atoms with Crippen LogP contribution in [0, 0.1) is 5.41 Å². The van der Waals surface area contributed by atoms with E-state index in [1.54, 1.807) is 6.08 Å². The number of hydrogen-bond donors (Lipinski definition) is 0. The quantitative estimate of drug-likeness (QED) is 0.663. The second-order valence-corrected chi connectivity index (χ2v) is 4.71. The Morgan fingerprint density at radius 2 is 2.08 bits per heavy atom. The molecule has 0 nitrogen and oxygen atoms in total. The minimum absolute atomic E-state index is 0.0995. The molecule has 0 N–H and O–H groups in total. The summed E-state index contributed by atoms with van der Waals surface area (Å²) < 4.78 is 25.2. The van der Waals surface area contributed by atoms with Gasteiger partial charge in [0.05, 0.1) is 0 Å². The van der Waals surface area contributed by atoms with Gasteiger partial charge in [0.15, 0.2) is 0 Å². The molecule has 0 bridgehead atoms. The first kappa shape index (κ1) is 10.8. The molecule has 13 heavy (non-hydrogen) atoms. The maximum absolute atomic E-state index is 12.6. The van der Waals surface area contributed by atoms with Crippen molar-refractivity contribution in [3.05, 3.63) is 23.8 Å². The van der Waals surface area contributed by atoms with E-state index in [-0.39, 0.29) is 16.2 Å². The van der Waals surface area contributed by atoms with E-state index in [1.807, 2.05) is 26.2 Å². The second-order valence-electron chi connectivity index (χ2n) is 3.76. The van der Waals surface area contributed by atoms with E-state index in [9.17, 15) is 8.78 Å². The summed E-state index contributed by atoms with van der Waals surface area (Å²) in [7, 11) is 0. The van der Waals surface area contributed by atoms with Crippen molar-refractivity contribution in [1.29, 1.82) is 0 Å². The fourth-order valence-electron chi connectivity index (χ4n) is 1.64. The van der Waals surface area contributed by atoms with Crippen molar-refractivity contribution >= 4 is 11.8 Å². The monoisotopic (exact) mass is 204 g/mol. The highest BCUT2D eigenvalue weighted by atomic mass is 32.2. The van der Waals surface area contributed by atoms with Crippen molar-refractivity contribution in [3.8, 4) is 0 Å². The molecular formula is C10H14F2S. The fourth-order valence-corrected chi connectivity index (χ4v) is 2.78. The molecule has 0 aromatic rings. The fraction of sp³-hybridized carbons (Fsp3) is 0.600. The van der Waals surface area contributed by atoms with Crippen LogP contribution in [0.1, 0.15) is 13.8 Å². The van der Waals surface area contributed by atoms with Crippen LogP contribution < -0.4 is 0 Å². The summed E-state index contributed by atoms with van der Waals surface area (Å²) in [6, 6.07) is 0. The van der Waals surface area contributed by atoms with Gasteiger partial charge in [-0.25, -0.2) is 8.78 Å². The highest BCUT2D eigenvalue weighted by Crippen LogP contribution is 2.40. The molecule has 0 saturated carbocycles. The molecule has 0 radical (unpaired) electrons. The van der Waals surface area contributed by atoms with E-state index in [4.69, 9.17) is 0 Å². The van der Waals surface area contributed by atoms with Gasteiger partial charge < -0.3 is 0 Å². The largest absolute Gasteiger partial charge is 0.261 e. The van der Waals surface area contributed by atoms with E-state index in [1.165, 1.54) is 17.8 Å². The summed E-state index contributed by atoms with van der Waals surface area (Å²) in [6.07, 6.45) is 4.80. The highest BCUT2D eigenvalue weighted by Gasteiger charge is 2.34. The lowest BCUT2D eigenvalue weighted by Gasteiger charge is -2.34. The third kappa shape index (κ3) is 2.13. The van der Waals surface area contributed by atoms with Gasteiger partial charge in [-0.1, -0.05) is 32.1 Å². The SMILES string of the molecule is CSC1C(C(F)F)=CC=CC1(C)C. The first-order chi connectivity index (χ1) is 5.99. The van der Waals surface area contributed by atoms with Crippen molar-refractivity contribution < 1.29 is 8.78 Å². The lowest BCUT2D eigenvalue weighted by molar-refractivity contribution is 0.179. The summed E-state index contributed by atoms with van der Waals surface area (Å²) >= 11 is 1.49. The average Bonchev–Trinajstić information content (AvgIpc) is 2.02. The van der Waals surface area contributed by atoms with Crippen LogP contribution in [0.5, 0.6) is 0 Å². The molecule has 1 unspecified atom stereocenters. The first-order valence-corrected chi connectivity index (χ1v) is 5.48. The number of alkyl halides is 2. The van der Waals surface area contributed by atoms with Gasteiger partial charge in [-0.2, -0.15) is 11.8 Å². The van der Waals surface area contributed by atoms with Crippen LogP contribution in [0.2, 0.25) is 0 Å². The van der Waals surface area contributed by atoms with E-state index < -0.39 is 6.43 Å². The Labute approximate surface area is 82.1 Å². The van der Waals surface area contributed by atoms with E-state index in [2.05, 4.69) is 0 Å². The predicted molar refractivity (Wildman–Crippen MR) is 54.3 cm³/mol. The summed E-state index contributed by atoms with van der Waals surface area (Å²) in [5, 5.41) is -0.0995. The molecule has 0 saturated heterocycles. The Bertz CT molecular complexity index is 241. The molecule has 1 aliphatic carbocycles. The zero-order valence-electron chi connectivity index (χ0n) is 8.05. The zero-order valence-corrected chi connectivity index (χ0v) is 8.87. The summed E-state index contributed by atoms with van der Waals surface area (Å²) in [4.78, 5) is 0. The molecule has 0 aromatic heterocycles. The number of rotatable bonds is 2. The number of thioether (sulfide) groups is 1. The van der Waals surface area contributed by atoms with Crippen LogP contribution in [0.3, 0.4) is 0 Å². The van der Waals surface area contributed by atoms with Crippen molar-refractivity contribution in [2.75, 3.05) is 6.26 Å². The smallest absolute Gasteiger partial charge is 0.205 e. The van der Waals surface area contributed by atoms with Crippen molar-refractivity contribution in [3.63, 3.8) is 0 Å². The minimum Gasteiger partial charge on any atom is -0.205 e. The topological polar surface area (TPSA) is 0 Å². The number of halogens is 2. The highest BCUT2D eigenvalue weighted by molar-refractivity contribution is 7.99. The van der Waals surface area contributed by atoms with Gasteiger partial charge in [0.25, 0.3) is 6.43 Å².